The highest BCUT2D eigenvalue weighted by Crippen LogP contribution is 2.68. The maximum atomic E-state index is 11.4. The SMILES string of the molecule is CC(C)C(CCC(C)C1CCC2C3CC[C@H]4C[C@@H](NCCCNCCCCN)CC[C@]4(C)C3CC[C@]12C)OS(=O)(=O)O. The molecule has 0 aromatic carbocycles. The maximum Gasteiger partial charge on any atom is 0.397 e. The fraction of sp³-hybridized carbons (Fsp3) is 1.00. The third-order valence-corrected chi connectivity index (χ3v) is 13.6. The molecule has 0 amide bonds. The van der Waals surface area contributed by atoms with Gasteiger partial charge in [0.15, 0.2) is 0 Å². The van der Waals surface area contributed by atoms with E-state index in [1.54, 1.807) is 0 Å². The average molecular weight is 612 g/mol. The lowest BCUT2D eigenvalue weighted by Gasteiger charge is -2.61. The Balaban J connectivity index is 1.28. The summed E-state index contributed by atoms with van der Waals surface area (Å²) in [5, 5.41) is 7.49. The number of unbranched alkanes of at least 4 members (excludes halogenated alkanes) is 1. The second-order valence-electron chi connectivity index (χ2n) is 15.8. The van der Waals surface area contributed by atoms with Crippen LogP contribution in [0.25, 0.3) is 0 Å². The van der Waals surface area contributed by atoms with Gasteiger partial charge in [-0.1, -0.05) is 34.6 Å². The van der Waals surface area contributed by atoms with Crippen molar-refractivity contribution in [3.8, 4) is 0 Å². The predicted octanol–water partition coefficient (Wildman–Crippen LogP) is 6.58. The number of fused-ring (bicyclic) bond motifs is 5. The third kappa shape index (κ3) is 8.12. The van der Waals surface area contributed by atoms with Crippen LogP contribution in [-0.2, 0) is 14.6 Å². The Labute approximate surface area is 258 Å². The Morgan fingerprint density at radius 3 is 2.31 bits per heavy atom. The van der Waals surface area contributed by atoms with Crippen molar-refractivity contribution in [2.75, 3.05) is 26.2 Å². The molecule has 8 heteroatoms. The monoisotopic (exact) mass is 611 g/mol. The summed E-state index contributed by atoms with van der Waals surface area (Å²) in [5.74, 6) is 4.76. The largest absolute Gasteiger partial charge is 0.397 e. The molecule has 10 atom stereocenters. The zero-order chi connectivity index (χ0) is 30.5. The molecule has 246 valence electrons. The fourth-order valence-corrected chi connectivity index (χ4v) is 11.4. The van der Waals surface area contributed by atoms with Crippen molar-refractivity contribution in [1.82, 2.24) is 10.6 Å². The van der Waals surface area contributed by atoms with Gasteiger partial charge in [-0.25, -0.2) is 4.18 Å². The summed E-state index contributed by atoms with van der Waals surface area (Å²) in [6, 6.07) is 0.696. The van der Waals surface area contributed by atoms with Crippen molar-refractivity contribution < 1.29 is 17.2 Å². The van der Waals surface area contributed by atoms with E-state index in [2.05, 4.69) is 31.4 Å². The lowest BCUT2D eigenvalue weighted by Crippen LogP contribution is -2.55. The van der Waals surface area contributed by atoms with Gasteiger partial charge in [-0.2, -0.15) is 8.42 Å². The third-order valence-electron chi connectivity index (χ3n) is 13.1. The van der Waals surface area contributed by atoms with E-state index in [4.69, 9.17) is 9.92 Å². The highest BCUT2D eigenvalue weighted by molar-refractivity contribution is 7.80. The van der Waals surface area contributed by atoms with Gasteiger partial charge in [0.05, 0.1) is 6.10 Å². The molecular weight excluding hydrogens is 546 g/mol. The van der Waals surface area contributed by atoms with Gasteiger partial charge in [-0.05, 0) is 168 Å². The highest BCUT2D eigenvalue weighted by Gasteiger charge is 2.60. The molecule has 5 N–H and O–H groups in total. The first kappa shape index (κ1) is 34.6. The molecule has 4 fully saturated rings. The fourth-order valence-electron chi connectivity index (χ4n) is 10.7. The topological polar surface area (TPSA) is 114 Å². The van der Waals surface area contributed by atoms with Crippen molar-refractivity contribution in [2.45, 2.75) is 137 Å². The van der Waals surface area contributed by atoms with Crippen molar-refractivity contribution >= 4 is 10.4 Å². The van der Waals surface area contributed by atoms with Crippen molar-refractivity contribution in [1.29, 1.82) is 0 Å². The van der Waals surface area contributed by atoms with E-state index in [0.29, 0.717) is 35.1 Å². The van der Waals surface area contributed by atoms with Crippen LogP contribution in [0.5, 0.6) is 0 Å². The Morgan fingerprint density at radius 2 is 1.60 bits per heavy atom. The van der Waals surface area contributed by atoms with Crippen LogP contribution in [0.3, 0.4) is 0 Å². The average Bonchev–Trinajstić information content (AvgIpc) is 3.29. The summed E-state index contributed by atoms with van der Waals surface area (Å²) >= 11 is 0. The van der Waals surface area contributed by atoms with Crippen molar-refractivity contribution in [2.24, 2.45) is 58.0 Å². The van der Waals surface area contributed by atoms with E-state index in [9.17, 15) is 13.0 Å². The maximum absolute atomic E-state index is 11.4. The van der Waals surface area contributed by atoms with E-state index in [0.717, 1.165) is 62.7 Å². The van der Waals surface area contributed by atoms with Gasteiger partial charge >= 0.3 is 10.4 Å². The minimum atomic E-state index is -4.42. The van der Waals surface area contributed by atoms with E-state index in [1.165, 1.54) is 70.6 Å². The minimum absolute atomic E-state index is 0.0521. The first-order valence-electron chi connectivity index (χ1n) is 17.7. The molecule has 0 heterocycles. The number of rotatable bonds is 16. The second-order valence-corrected chi connectivity index (χ2v) is 16.8. The van der Waals surface area contributed by atoms with Gasteiger partial charge in [0.1, 0.15) is 0 Å². The quantitative estimate of drug-likeness (QED) is 0.115. The molecule has 42 heavy (non-hydrogen) atoms. The molecule has 0 aromatic heterocycles. The van der Waals surface area contributed by atoms with Gasteiger partial charge in [0.2, 0.25) is 0 Å². The first-order valence-corrected chi connectivity index (χ1v) is 19.1. The van der Waals surface area contributed by atoms with Crippen molar-refractivity contribution in [3.63, 3.8) is 0 Å². The number of hydrogen-bond acceptors (Lipinski definition) is 6. The van der Waals surface area contributed by atoms with Crippen LogP contribution in [0.4, 0.5) is 0 Å². The van der Waals surface area contributed by atoms with Crippen LogP contribution in [-0.4, -0.2) is 51.3 Å². The zero-order valence-corrected chi connectivity index (χ0v) is 28.4. The van der Waals surface area contributed by atoms with Gasteiger partial charge < -0.3 is 16.4 Å². The predicted molar refractivity (Wildman–Crippen MR) is 172 cm³/mol. The van der Waals surface area contributed by atoms with E-state index >= 15 is 0 Å². The van der Waals surface area contributed by atoms with Gasteiger partial charge in [0, 0.05) is 6.04 Å². The summed E-state index contributed by atoms with van der Waals surface area (Å²) in [5.41, 5.74) is 6.50. The van der Waals surface area contributed by atoms with Crippen LogP contribution in [0.1, 0.15) is 125 Å². The van der Waals surface area contributed by atoms with Crippen LogP contribution >= 0.6 is 0 Å². The van der Waals surface area contributed by atoms with Crippen LogP contribution in [0.15, 0.2) is 0 Å². The van der Waals surface area contributed by atoms with E-state index < -0.39 is 16.5 Å². The second kappa shape index (κ2) is 14.9. The summed E-state index contributed by atoms with van der Waals surface area (Å²) in [7, 11) is -4.42. The molecule has 0 spiro atoms. The lowest BCUT2D eigenvalue weighted by molar-refractivity contribution is -0.118. The Kier molecular flexibility index (Phi) is 12.3. The number of nitrogens with one attached hydrogen (secondary N) is 2. The molecule has 4 aliphatic carbocycles. The van der Waals surface area contributed by atoms with Gasteiger partial charge in [-0.15, -0.1) is 0 Å². The first-order chi connectivity index (χ1) is 19.9. The van der Waals surface area contributed by atoms with Crippen LogP contribution < -0.4 is 16.4 Å². The molecule has 0 saturated heterocycles. The number of nitrogens with two attached hydrogens (primary N) is 1. The Bertz CT molecular complexity index is 947. The molecule has 4 rings (SSSR count). The minimum Gasteiger partial charge on any atom is -0.330 e. The molecule has 0 radical (unpaired) electrons. The molecule has 4 aliphatic rings. The number of hydrogen-bond donors (Lipinski definition) is 4. The van der Waals surface area contributed by atoms with Crippen LogP contribution in [0, 0.1) is 52.3 Å². The van der Waals surface area contributed by atoms with Crippen LogP contribution in [0.2, 0.25) is 0 Å². The molecule has 0 aromatic rings. The van der Waals surface area contributed by atoms with Gasteiger partial charge in [-0.3, -0.25) is 4.55 Å². The Morgan fingerprint density at radius 1 is 0.881 bits per heavy atom. The smallest absolute Gasteiger partial charge is 0.330 e. The summed E-state index contributed by atoms with van der Waals surface area (Å²) in [6.07, 6.45) is 17.0. The molecule has 0 aliphatic heterocycles. The summed E-state index contributed by atoms with van der Waals surface area (Å²) in [6.45, 7) is 15.7. The zero-order valence-electron chi connectivity index (χ0n) is 27.6. The highest BCUT2D eigenvalue weighted by atomic mass is 32.3. The normalized spacial score (nSPS) is 38.1. The molecule has 0 bridgehead atoms. The lowest BCUT2D eigenvalue weighted by atomic mass is 9.44. The van der Waals surface area contributed by atoms with E-state index in [-0.39, 0.29) is 5.92 Å². The van der Waals surface area contributed by atoms with E-state index in [1.807, 2.05) is 13.8 Å². The molecule has 7 nitrogen and oxygen atoms in total. The Hall–Kier alpha value is -0.250. The summed E-state index contributed by atoms with van der Waals surface area (Å²) in [4.78, 5) is 0. The van der Waals surface area contributed by atoms with Crippen molar-refractivity contribution in [3.05, 3.63) is 0 Å². The summed E-state index contributed by atoms with van der Waals surface area (Å²) < 4.78 is 37.1. The van der Waals surface area contributed by atoms with Gasteiger partial charge in [0.25, 0.3) is 0 Å². The molecule has 6 unspecified atom stereocenters. The molecular formula is C34H65N3O4S. The molecule has 4 saturated carbocycles. The standard InChI is InChI=1S/C34H65N3O4S/c1-24(2)32(41-42(38,39)40)14-9-25(3)29-12-13-30-28-11-10-26-23-27(37-22-8-21-36-20-7-6-19-35)15-17-33(26,4)31(28)16-18-34(29,30)5/h24-32,36-37H,6-23,35H2,1-5H3,(H,38,39,40)/t25?,26-,27-,28?,29?,30?,31?,32?,33-,34+/m0/s1.